The number of piperidine rings is 1. The van der Waals surface area contributed by atoms with E-state index < -0.39 is 0 Å². The third-order valence-electron chi connectivity index (χ3n) is 4.58. The maximum atomic E-state index is 6.15. The molecule has 108 valence electrons. The number of nitrogens with two attached hydrogens (primary N) is 1. The van der Waals surface area contributed by atoms with E-state index in [4.69, 9.17) is 5.73 Å². The van der Waals surface area contributed by atoms with Crippen molar-refractivity contribution in [2.45, 2.75) is 90.1 Å². The van der Waals surface area contributed by atoms with Gasteiger partial charge in [0.05, 0.1) is 0 Å². The lowest BCUT2D eigenvalue weighted by atomic mass is 9.85. The molecule has 0 aliphatic carbocycles. The van der Waals surface area contributed by atoms with Crippen molar-refractivity contribution >= 4 is 0 Å². The minimum Gasteiger partial charge on any atom is -0.327 e. The molecule has 1 saturated heterocycles. The predicted molar refractivity (Wildman–Crippen MR) is 80.9 cm³/mol. The third-order valence-corrected chi connectivity index (χ3v) is 4.58. The first-order chi connectivity index (χ1) is 8.62. The number of nitrogens with zero attached hydrogens (tertiary/aromatic N) is 1. The Balaban J connectivity index is 2.48. The summed E-state index contributed by atoms with van der Waals surface area (Å²) in [6.45, 7) is 9.45. The highest BCUT2D eigenvalue weighted by molar-refractivity contribution is 4.90. The molecule has 0 aromatic rings. The zero-order valence-electron chi connectivity index (χ0n) is 12.9. The molecule has 0 spiro atoms. The van der Waals surface area contributed by atoms with Gasteiger partial charge in [0.1, 0.15) is 0 Å². The average molecular weight is 254 g/mol. The van der Waals surface area contributed by atoms with E-state index in [1.807, 2.05) is 0 Å². The fourth-order valence-electron chi connectivity index (χ4n) is 3.41. The van der Waals surface area contributed by atoms with Crippen LogP contribution in [-0.4, -0.2) is 29.6 Å². The van der Waals surface area contributed by atoms with Gasteiger partial charge in [-0.25, -0.2) is 0 Å². The molecule has 1 rings (SSSR count). The van der Waals surface area contributed by atoms with Crippen molar-refractivity contribution in [3.8, 4) is 0 Å². The second kappa shape index (κ2) is 8.16. The van der Waals surface area contributed by atoms with Crippen molar-refractivity contribution in [1.82, 2.24) is 4.90 Å². The minimum absolute atomic E-state index is 0.403. The van der Waals surface area contributed by atoms with Gasteiger partial charge in [0.15, 0.2) is 0 Å². The molecule has 0 aromatic carbocycles. The zero-order chi connectivity index (χ0) is 13.4. The highest BCUT2D eigenvalue weighted by Gasteiger charge is 2.32. The SMILES string of the molecule is CCCCCCC(C)(CCC)N1CCCC(N)C1. The minimum atomic E-state index is 0.403. The largest absolute Gasteiger partial charge is 0.327 e. The van der Waals surface area contributed by atoms with Crippen LogP contribution in [0.4, 0.5) is 0 Å². The summed E-state index contributed by atoms with van der Waals surface area (Å²) in [6, 6.07) is 0.408. The normalized spacial score (nSPS) is 25.0. The molecule has 2 nitrogen and oxygen atoms in total. The van der Waals surface area contributed by atoms with E-state index in [2.05, 4.69) is 25.7 Å². The summed E-state index contributed by atoms with van der Waals surface area (Å²) in [5, 5.41) is 0. The van der Waals surface area contributed by atoms with E-state index >= 15 is 0 Å². The van der Waals surface area contributed by atoms with Crippen molar-refractivity contribution in [1.29, 1.82) is 0 Å². The molecule has 1 aliphatic heterocycles. The second-order valence-electron chi connectivity index (χ2n) is 6.41. The van der Waals surface area contributed by atoms with Gasteiger partial charge in [0, 0.05) is 18.1 Å². The van der Waals surface area contributed by atoms with Crippen molar-refractivity contribution in [2.24, 2.45) is 5.73 Å². The first kappa shape index (κ1) is 16.0. The Labute approximate surface area is 114 Å². The molecule has 0 saturated carbocycles. The summed E-state index contributed by atoms with van der Waals surface area (Å²) < 4.78 is 0. The summed E-state index contributed by atoms with van der Waals surface area (Å²) in [7, 11) is 0. The van der Waals surface area contributed by atoms with Crippen LogP contribution in [0.25, 0.3) is 0 Å². The number of likely N-dealkylation sites (tertiary alicyclic amines) is 1. The molecule has 0 radical (unpaired) electrons. The Bertz CT molecular complexity index is 217. The van der Waals surface area contributed by atoms with Crippen LogP contribution in [0.5, 0.6) is 0 Å². The topological polar surface area (TPSA) is 29.3 Å². The van der Waals surface area contributed by atoms with Gasteiger partial charge in [-0.3, -0.25) is 4.90 Å². The van der Waals surface area contributed by atoms with Crippen molar-refractivity contribution in [3.05, 3.63) is 0 Å². The van der Waals surface area contributed by atoms with Crippen LogP contribution in [0, 0.1) is 0 Å². The molecule has 1 aliphatic rings. The van der Waals surface area contributed by atoms with E-state index in [1.54, 1.807) is 0 Å². The van der Waals surface area contributed by atoms with Gasteiger partial charge >= 0.3 is 0 Å². The molecule has 1 fully saturated rings. The van der Waals surface area contributed by atoms with Gasteiger partial charge in [0.25, 0.3) is 0 Å². The monoisotopic (exact) mass is 254 g/mol. The maximum Gasteiger partial charge on any atom is 0.0182 e. The third kappa shape index (κ3) is 4.89. The quantitative estimate of drug-likeness (QED) is 0.665. The average Bonchev–Trinajstić information content (AvgIpc) is 2.35. The first-order valence-electron chi connectivity index (χ1n) is 8.13. The van der Waals surface area contributed by atoms with E-state index in [-0.39, 0.29) is 0 Å². The lowest BCUT2D eigenvalue weighted by Crippen LogP contribution is -2.54. The predicted octanol–water partition coefficient (Wildman–Crippen LogP) is 3.94. The lowest BCUT2D eigenvalue weighted by molar-refractivity contribution is 0.0546. The molecule has 0 aromatic heterocycles. The summed E-state index contributed by atoms with van der Waals surface area (Å²) in [5.41, 5.74) is 6.56. The Morgan fingerprint density at radius 2 is 1.89 bits per heavy atom. The molecular formula is C16H34N2. The Hall–Kier alpha value is -0.0800. The Morgan fingerprint density at radius 1 is 1.11 bits per heavy atom. The number of rotatable bonds is 8. The van der Waals surface area contributed by atoms with Crippen LogP contribution in [0.1, 0.15) is 78.6 Å². The van der Waals surface area contributed by atoms with Gasteiger partial charge in [-0.15, -0.1) is 0 Å². The van der Waals surface area contributed by atoms with Gasteiger partial charge in [0.2, 0.25) is 0 Å². The van der Waals surface area contributed by atoms with Gasteiger partial charge in [-0.1, -0.05) is 46.0 Å². The molecule has 2 heteroatoms. The molecule has 0 bridgehead atoms. The molecule has 18 heavy (non-hydrogen) atoms. The van der Waals surface area contributed by atoms with Crippen LogP contribution < -0.4 is 5.73 Å². The number of unbranched alkanes of at least 4 members (excludes halogenated alkanes) is 3. The second-order valence-corrected chi connectivity index (χ2v) is 6.41. The fraction of sp³-hybridized carbons (Fsp3) is 1.00. The smallest absolute Gasteiger partial charge is 0.0182 e. The number of hydrogen-bond acceptors (Lipinski definition) is 2. The summed E-state index contributed by atoms with van der Waals surface area (Å²) >= 11 is 0. The Morgan fingerprint density at radius 3 is 2.50 bits per heavy atom. The van der Waals surface area contributed by atoms with Gasteiger partial charge in [-0.05, 0) is 39.2 Å². The molecule has 1 heterocycles. The van der Waals surface area contributed by atoms with Crippen LogP contribution in [0.3, 0.4) is 0 Å². The summed E-state index contributed by atoms with van der Waals surface area (Å²) in [6.07, 6.45) is 12.0. The highest BCUT2D eigenvalue weighted by atomic mass is 15.2. The van der Waals surface area contributed by atoms with Crippen LogP contribution in [0.15, 0.2) is 0 Å². The standard InChI is InChI=1S/C16H34N2/c1-4-6-7-8-12-16(3,11-5-2)18-13-9-10-15(17)14-18/h15H,4-14,17H2,1-3H3. The number of hydrogen-bond donors (Lipinski definition) is 1. The van der Waals surface area contributed by atoms with Gasteiger partial charge < -0.3 is 5.73 Å². The molecule has 2 N–H and O–H groups in total. The fourth-order valence-corrected chi connectivity index (χ4v) is 3.41. The van der Waals surface area contributed by atoms with E-state index in [0.717, 1.165) is 6.54 Å². The highest BCUT2D eigenvalue weighted by Crippen LogP contribution is 2.30. The molecule has 0 amide bonds. The lowest BCUT2D eigenvalue weighted by Gasteiger charge is -2.45. The van der Waals surface area contributed by atoms with E-state index in [1.165, 1.54) is 64.3 Å². The first-order valence-corrected chi connectivity index (χ1v) is 8.13. The van der Waals surface area contributed by atoms with Crippen molar-refractivity contribution in [3.63, 3.8) is 0 Å². The van der Waals surface area contributed by atoms with Crippen molar-refractivity contribution in [2.75, 3.05) is 13.1 Å². The van der Waals surface area contributed by atoms with E-state index in [0.29, 0.717) is 11.6 Å². The molecular weight excluding hydrogens is 220 g/mol. The summed E-state index contributed by atoms with van der Waals surface area (Å²) in [5.74, 6) is 0. The maximum absolute atomic E-state index is 6.15. The van der Waals surface area contributed by atoms with Crippen molar-refractivity contribution < 1.29 is 0 Å². The van der Waals surface area contributed by atoms with Crippen LogP contribution in [-0.2, 0) is 0 Å². The van der Waals surface area contributed by atoms with Crippen LogP contribution >= 0.6 is 0 Å². The van der Waals surface area contributed by atoms with E-state index in [9.17, 15) is 0 Å². The Kier molecular flexibility index (Phi) is 7.25. The molecule has 2 atom stereocenters. The van der Waals surface area contributed by atoms with Crippen LogP contribution in [0.2, 0.25) is 0 Å². The molecule has 2 unspecified atom stereocenters. The van der Waals surface area contributed by atoms with Gasteiger partial charge in [-0.2, -0.15) is 0 Å². The summed E-state index contributed by atoms with van der Waals surface area (Å²) in [4.78, 5) is 2.69. The zero-order valence-corrected chi connectivity index (χ0v) is 12.9.